The minimum Gasteiger partial charge on any atom is -0.392 e. The van der Waals surface area contributed by atoms with Gasteiger partial charge in [-0.25, -0.2) is 0 Å². The van der Waals surface area contributed by atoms with E-state index >= 15 is 0 Å². The molecule has 100 valence electrons. The molecular formula is C16H18BrNO. The van der Waals surface area contributed by atoms with Crippen molar-refractivity contribution in [2.24, 2.45) is 0 Å². The molecule has 0 aliphatic carbocycles. The summed E-state index contributed by atoms with van der Waals surface area (Å²) in [5.74, 6) is 0. The molecule has 0 saturated heterocycles. The monoisotopic (exact) mass is 319 g/mol. The number of halogens is 1. The summed E-state index contributed by atoms with van der Waals surface area (Å²) in [4.78, 5) is 4.38. The van der Waals surface area contributed by atoms with Gasteiger partial charge in [0, 0.05) is 22.8 Å². The molecule has 1 unspecified atom stereocenters. The summed E-state index contributed by atoms with van der Waals surface area (Å²) in [6, 6.07) is 12.1. The minimum absolute atomic E-state index is 0.388. The Kier molecular flexibility index (Phi) is 5.11. The first kappa shape index (κ1) is 14.2. The van der Waals surface area contributed by atoms with Crippen molar-refractivity contribution in [3.8, 4) is 0 Å². The van der Waals surface area contributed by atoms with Gasteiger partial charge in [0.15, 0.2) is 0 Å². The fourth-order valence-corrected chi connectivity index (χ4v) is 2.26. The number of nitrogens with zero attached hydrogens (tertiary/aromatic N) is 1. The van der Waals surface area contributed by atoms with Gasteiger partial charge in [-0.1, -0.05) is 41.1 Å². The lowest BCUT2D eigenvalue weighted by Crippen LogP contribution is -2.14. The zero-order chi connectivity index (χ0) is 13.7. The third kappa shape index (κ3) is 4.44. The van der Waals surface area contributed by atoms with Crippen LogP contribution in [-0.2, 0) is 19.3 Å². The Bertz CT molecular complexity index is 507. The molecule has 0 bridgehead atoms. The summed E-state index contributed by atoms with van der Waals surface area (Å²) in [6.07, 6.45) is 3.75. The van der Waals surface area contributed by atoms with E-state index in [0.717, 1.165) is 22.2 Å². The highest BCUT2D eigenvalue weighted by Crippen LogP contribution is 2.13. The van der Waals surface area contributed by atoms with E-state index in [9.17, 15) is 5.11 Å². The molecule has 1 heterocycles. The van der Waals surface area contributed by atoms with Gasteiger partial charge in [-0.2, -0.15) is 0 Å². The average molecular weight is 320 g/mol. The van der Waals surface area contributed by atoms with Crippen molar-refractivity contribution in [1.82, 2.24) is 4.98 Å². The molecule has 0 saturated carbocycles. The van der Waals surface area contributed by atoms with Gasteiger partial charge in [0.25, 0.3) is 0 Å². The van der Waals surface area contributed by atoms with E-state index < -0.39 is 0 Å². The van der Waals surface area contributed by atoms with Crippen LogP contribution in [-0.4, -0.2) is 16.2 Å². The lowest BCUT2D eigenvalue weighted by atomic mass is 10.0. The van der Waals surface area contributed by atoms with E-state index in [1.54, 1.807) is 0 Å². The Balaban J connectivity index is 1.92. The number of pyridine rings is 1. The van der Waals surface area contributed by atoms with Gasteiger partial charge in [0.2, 0.25) is 0 Å². The summed E-state index contributed by atoms with van der Waals surface area (Å²) in [5, 5.41) is 10.1. The Hall–Kier alpha value is -1.19. The van der Waals surface area contributed by atoms with Crippen LogP contribution in [0.5, 0.6) is 0 Å². The standard InChI is InChI=1S/C16H18BrNO/c1-2-12-5-8-15(18-11-12)10-16(19)9-13-3-6-14(17)7-4-13/h3-8,11,16,19H,2,9-10H2,1H3. The largest absolute Gasteiger partial charge is 0.392 e. The van der Waals surface area contributed by atoms with E-state index in [1.807, 2.05) is 36.5 Å². The summed E-state index contributed by atoms with van der Waals surface area (Å²) < 4.78 is 1.06. The van der Waals surface area contributed by atoms with Gasteiger partial charge in [-0.05, 0) is 42.2 Å². The number of aromatic nitrogens is 1. The second-order valence-electron chi connectivity index (χ2n) is 4.70. The van der Waals surface area contributed by atoms with Gasteiger partial charge in [-0.3, -0.25) is 4.98 Å². The van der Waals surface area contributed by atoms with E-state index in [-0.39, 0.29) is 6.10 Å². The molecule has 1 N–H and O–H groups in total. The topological polar surface area (TPSA) is 33.1 Å². The minimum atomic E-state index is -0.388. The molecule has 0 spiro atoms. The lowest BCUT2D eigenvalue weighted by Gasteiger charge is -2.10. The molecule has 0 fully saturated rings. The van der Waals surface area contributed by atoms with Gasteiger partial charge < -0.3 is 5.11 Å². The van der Waals surface area contributed by atoms with Crippen LogP contribution < -0.4 is 0 Å². The fraction of sp³-hybridized carbons (Fsp3) is 0.312. The van der Waals surface area contributed by atoms with Crippen molar-refractivity contribution in [2.45, 2.75) is 32.3 Å². The maximum Gasteiger partial charge on any atom is 0.0635 e. The quantitative estimate of drug-likeness (QED) is 0.914. The third-order valence-electron chi connectivity index (χ3n) is 3.12. The first-order valence-electron chi connectivity index (χ1n) is 6.53. The molecule has 1 aromatic heterocycles. The van der Waals surface area contributed by atoms with E-state index in [2.05, 4.69) is 33.9 Å². The van der Waals surface area contributed by atoms with Crippen LogP contribution in [0.4, 0.5) is 0 Å². The van der Waals surface area contributed by atoms with E-state index in [4.69, 9.17) is 0 Å². The number of aryl methyl sites for hydroxylation is 1. The normalized spacial score (nSPS) is 12.4. The number of aliphatic hydroxyl groups excluding tert-OH is 1. The summed E-state index contributed by atoms with van der Waals surface area (Å²) in [7, 11) is 0. The zero-order valence-corrected chi connectivity index (χ0v) is 12.6. The Morgan fingerprint density at radius 2 is 1.74 bits per heavy atom. The van der Waals surface area contributed by atoms with Crippen molar-refractivity contribution in [1.29, 1.82) is 0 Å². The van der Waals surface area contributed by atoms with Crippen LogP contribution in [0, 0.1) is 0 Å². The first-order chi connectivity index (χ1) is 9.17. The number of aliphatic hydroxyl groups is 1. The molecule has 2 rings (SSSR count). The fourth-order valence-electron chi connectivity index (χ4n) is 1.99. The van der Waals surface area contributed by atoms with Gasteiger partial charge in [0.1, 0.15) is 0 Å². The van der Waals surface area contributed by atoms with Crippen molar-refractivity contribution >= 4 is 15.9 Å². The van der Waals surface area contributed by atoms with Crippen LogP contribution in [0.15, 0.2) is 47.1 Å². The highest BCUT2D eigenvalue weighted by Gasteiger charge is 2.08. The Labute approximate surface area is 122 Å². The number of hydrogen-bond donors (Lipinski definition) is 1. The van der Waals surface area contributed by atoms with Crippen molar-refractivity contribution in [2.75, 3.05) is 0 Å². The van der Waals surface area contributed by atoms with E-state index in [0.29, 0.717) is 12.8 Å². The average Bonchev–Trinajstić information content (AvgIpc) is 2.42. The summed E-state index contributed by atoms with van der Waals surface area (Å²) >= 11 is 3.41. The highest BCUT2D eigenvalue weighted by atomic mass is 79.9. The predicted octanol–water partition coefficient (Wildman–Crippen LogP) is 3.55. The summed E-state index contributed by atoms with van der Waals surface area (Å²) in [6.45, 7) is 2.11. The second-order valence-corrected chi connectivity index (χ2v) is 5.62. The van der Waals surface area contributed by atoms with Crippen molar-refractivity contribution in [3.05, 3.63) is 63.9 Å². The van der Waals surface area contributed by atoms with Gasteiger partial charge in [-0.15, -0.1) is 0 Å². The Morgan fingerprint density at radius 3 is 2.32 bits per heavy atom. The van der Waals surface area contributed by atoms with Gasteiger partial charge in [0.05, 0.1) is 6.10 Å². The molecule has 0 aliphatic rings. The Morgan fingerprint density at radius 1 is 1.05 bits per heavy atom. The number of hydrogen-bond acceptors (Lipinski definition) is 2. The third-order valence-corrected chi connectivity index (χ3v) is 3.65. The molecule has 0 amide bonds. The molecule has 1 atom stereocenters. The highest BCUT2D eigenvalue weighted by molar-refractivity contribution is 9.10. The first-order valence-corrected chi connectivity index (χ1v) is 7.33. The second kappa shape index (κ2) is 6.83. The smallest absolute Gasteiger partial charge is 0.0635 e. The maximum atomic E-state index is 10.1. The molecule has 3 heteroatoms. The van der Waals surface area contributed by atoms with Crippen LogP contribution in [0.3, 0.4) is 0 Å². The summed E-state index contributed by atoms with van der Waals surface area (Å²) in [5.41, 5.74) is 3.31. The SMILES string of the molecule is CCc1ccc(CC(O)Cc2ccc(Br)cc2)nc1. The lowest BCUT2D eigenvalue weighted by molar-refractivity contribution is 0.174. The molecule has 2 nitrogen and oxygen atoms in total. The molecule has 1 aromatic carbocycles. The molecule has 19 heavy (non-hydrogen) atoms. The molecule has 0 aliphatic heterocycles. The van der Waals surface area contributed by atoms with Crippen LogP contribution >= 0.6 is 15.9 Å². The molecule has 2 aromatic rings. The molecule has 0 radical (unpaired) electrons. The van der Waals surface area contributed by atoms with Gasteiger partial charge >= 0.3 is 0 Å². The van der Waals surface area contributed by atoms with Crippen molar-refractivity contribution in [3.63, 3.8) is 0 Å². The molecular weight excluding hydrogens is 302 g/mol. The number of benzene rings is 1. The van der Waals surface area contributed by atoms with Crippen LogP contribution in [0.25, 0.3) is 0 Å². The van der Waals surface area contributed by atoms with Crippen LogP contribution in [0.1, 0.15) is 23.7 Å². The van der Waals surface area contributed by atoms with E-state index in [1.165, 1.54) is 5.56 Å². The van der Waals surface area contributed by atoms with Crippen molar-refractivity contribution < 1.29 is 5.11 Å². The predicted molar refractivity (Wildman–Crippen MR) is 81.2 cm³/mol. The maximum absolute atomic E-state index is 10.1. The number of rotatable bonds is 5. The van der Waals surface area contributed by atoms with Crippen LogP contribution in [0.2, 0.25) is 0 Å². The zero-order valence-electron chi connectivity index (χ0n) is 11.0.